The average Bonchev–Trinajstić information content (AvgIpc) is 3.30. The van der Waals surface area contributed by atoms with Crippen LogP contribution in [0.2, 0.25) is 0 Å². The number of carbonyl (C=O) groups is 1. The van der Waals surface area contributed by atoms with Crippen molar-refractivity contribution in [2.24, 2.45) is 0 Å². The van der Waals surface area contributed by atoms with E-state index in [1.54, 1.807) is 41.9 Å². The van der Waals surface area contributed by atoms with Gasteiger partial charge in [-0.05, 0) is 30.5 Å². The fourth-order valence-electron chi connectivity index (χ4n) is 3.20. The van der Waals surface area contributed by atoms with E-state index in [-0.39, 0.29) is 11.3 Å². The highest BCUT2D eigenvalue weighted by atomic mass is 32.2. The first-order valence-electron chi connectivity index (χ1n) is 9.57. The van der Waals surface area contributed by atoms with Gasteiger partial charge in [-0.3, -0.25) is 14.9 Å². The van der Waals surface area contributed by atoms with Crippen molar-refractivity contribution in [2.75, 3.05) is 42.8 Å². The number of thiazole rings is 1. The van der Waals surface area contributed by atoms with Crippen molar-refractivity contribution < 1.29 is 14.5 Å². The summed E-state index contributed by atoms with van der Waals surface area (Å²) in [6, 6.07) is 11.9. The summed E-state index contributed by atoms with van der Waals surface area (Å²) in [6.45, 7) is 3.11. The lowest BCUT2D eigenvalue weighted by atomic mass is 10.1. The number of amides is 1. The standard InChI is InChI=1S/C21H20N4O4S2/c1-30-19-7-4-15(12-18(19)25(27)28)20(26)22-16-5-2-14(3-6-16)17-13-31-21(23-17)24-8-10-29-11-9-24/h2-7,12-13H,8-11H2,1H3,(H,22,26). The molecule has 0 radical (unpaired) electrons. The molecular weight excluding hydrogens is 436 g/mol. The summed E-state index contributed by atoms with van der Waals surface area (Å²) in [7, 11) is 0. The van der Waals surface area contributed by atoms with E-state index in [1.165, 1.54) is 17.8 Å². The molecule has 0 spiro atoms. The Bertz CT molecular complexity index is 1100. The molecule has 1 aromatic heterocycles. The summed E-state index contributed by atoms with van der Waals surface area (Å²) >= 11 is 2.87. The highest BCUT2D eigenvalue weighted by Gasteiger charge is 2.18. The minimum Gasteiger partial charge on any atom is -0.378 e. The zero-order valence-corrected chi connectivity index (χ0v) is 18.4. The fourth-order valence-corrected chi connectivity index (χ4v) is 4.63. The molecular formula is C21H20N4O4S2. The van der Waals surface area contributed by atoms with E-state index in [4.69, 9.17) is 9.72 Å². The van der Waals surface area contributed by atoms with Gasteiger partial charge in [0, 0.05) is 41.4 Å². The molecule has 1 aliphatic rings. The predicted molar refractivity (Wildman–Crippen MR) is 123 cm³/mol. The number of thioether (sulfide) groups is 1. The third-order valence-corrected chi connectivity index (χ3v) is 6.54. The quantitative estimate of drug-likeness (QED) is 0.331. The van der Waals surface area contributed by atoms with Crippen LogP contribution < -0.4 is 10.2 Å². The highest BCUT2D eigenvalue weighted by molar-refractivity contribution is 7.98. The molecule has 1 amide bonds. The molecule has 160 valence electrons. The van der Waals surface area contributed by atoms with Crippen LogP contribution in [0.15, 0.2) is 52.7 Å². The zero-order chi connectivity index (χ0) is 21.8. The Morgan fingerprint density at radius 2 is 1.97 bits per heavy atom. The topological polar surface area (TPSA) is 97.6 Å². The van der Waals surface area contributed by atoms with Gasteiger partial charge in [-0.1, -0.05) is 12.1 Å². The number of nitro groups is 1. The molecule has 2 heterocycles. The third kappa shape index (κ3) is 4.87. The Labute approximate surface area is 187 Å². The second kappa shape index (κ2) is 9.46. The van der Waals surface area contributed by atoms with Gasteiger partial charge in [0.15, 0.2) is 5.13 Å². The molecule has 0 aliphatic carbocycles. The molecule has 0 saturated carbocycles. The number of hydrogen-bond acceptors (Lipinski definition) is 8. The van der Waals surface area contributed by atoms with E-state index in [1.807, 2.05) is 17.5 Å². The predicted octanol–water partition coefficient (Wildman–Crippen LogP) is 4.53. The Balaban J connectivity index is 1.45. The maximum absolute atomic E-state index is 12.6. The second-order valence-corrected chi connectivity index (χ2v) is 8.47. The van der Waals surface area contributed by atoms with Crippen molar-refractivity contribution in [1.29, 1.82) is 0 Å². The van der Waals surface area contributed by atoms with Gasteiger partial charge >= 0.3 is 0 Å². The number of carbonyl (C=O) groups excluding carboxylic acids is 1. The fraction of sp³-hybridized carbons (Fsp3) is 0.238. The lowest BCUT2D eigenvalue weighted by molar-refractivity contribution is -0.387. The van der Waals surface area contributed by atoms with Crippen molar-refractivity contribution in [3.8, 4) is 11.3 Å². The van der Waals surface area contributed by atoms with Crippen LogP contribution in [0.4, 0.5) is 16.5 Å². The van der Waals surface area contributed by atoms with Crippen LogP contribution in [0.25, 0.3) is 11.3 Å². The van der Waals surface area contributed by atoms with E-state index in [2.05, 4.69) is 10.2 Å². The summed E-state index contributed by atoms with van der Waals surface area (Å²) in [4.78, 5) is 30.8. The van der Waals surface area contributed by atoms with Gasteiger partial charge in [0.1, 0.15) is 0 Å². The summed E-state index contributed by atoms with van der Waals surface area (Å²) in [6.07, 6.45) is 1.76. The van der Waals surface area contributed by atoms with Gasteiger partial charge in [0.25, 0.3) is 11.6 Å². The molecule has 1 aliphatic heterocycles. The number of nitrogens with zero attached hydrogens (tertiary/aromatic N) is 3. The first-order valence-corrected chi connectivity index (χ1v) is 11.7. The van der Waals surface area contributed by atoms with Gasteiger partial charge in [0.05, 0.1) is 28.7 Å². The SMILES string of the molecule is CSc1ccc(C(=O)Nc2ccc(-c3csc(N4CCOCC4)n3)cc2)cc1[N+](=O)[O-]. The lowest BCUT2D eigenvalue weighted by Crippen LogP contribution is -2.36. The molecule has 1 saturated heterocycles. The molecule has 31 heavy (non-hydrogen) atoms. The molecule has 0 bridgehead atoms. The van der Waals surface area contributed by atoms with Crippen LogP contribution in [0.5, 0.6) is 0 Å². The van der Waals surface area contributed by atoms with Crippen molar-refractivity contribution in [1.82, 2.24) is 4.98 Å². The van der Waals surface area contributed by atoms with Crippen LogP contribution in [0, 0.1) is 10.1 Å². The summed E-state index contributed by atoms with van der Waals surface area (Å²) < 4.78 is 5.39. The van der Waals surface area contributed by atoms with E-state index in [0.29, 0.717) is 23.8 Å². The van der Waals surface area contributed by atoms with E-state index in [9.17, 15) is 14.9 Å². The number of ether oxygens (including phenoxy) is 1. The van der Waals surface area contributed by atoms with E-state index < -0.39 is 10.8 Å². The minimum absolute atomic E-state index is 0.0740. The second-order valence-electron chi connectivity index (χ2n) is 6.79. The third-order valence-electron chi connectivity index (χ3n) is 4.85. The maximum Gasteiger partial charge on any atom is 0.283 e. The first kappa shape index (κ1) is 21.3. The number of aromatic nitrogens is 1. The Kier molecular flexibility index (Phi) is 6.50. The van der Waals surface area contributed by atoms with Gasteiger partial charge in [-0.15, -0.1) is 23.1 Å². The van der Waals surface area contributed by atoms with Crippen molar-refractivity contribution in [3.63, 3.8) is 0 Å². The number of rotatable bonds is 6. The Morgan fingerprint density at radius 3 is 2.65 bits per heavy atom. The minimum atomic E-state index is -0.476. The molecule has 4 rings (SSSR count). The maximum atomic E-state index is 12.6. The molecule has 0 atom stereocenters. The molecule has 0 unspecified atom stereocenters. The van der Waals surface area contributed by atoms with Crippen LogP contribution in [0.1, 0.15) is 10.4 Å². The molecule has 2 aromatic carbocycles. The first-order chi connectivity index (χ1) is 15.0. The van der Waals surface area contributed by atoms with E-state index in [0.717, 1.165) is 29.5 Å². The number of morpholine rings is 1. The summed E-state index contributed by atoms with van der Waals surface area (Å²) in [5, 5.41) is 17.0. The van der Waals surface area contributed by atoms with Crippen LogP contribution >= 0.6 is 23.1 Å². The Hall–Kier alpha value is -2.95. The molecule has 1 fully saturated rings. The molecule has 10 heteroatoms. The molecule has 1 N–H and O–H groups in total. The summed E-state index contributed by atoms with van der Waals surface area (Å²) in [5.74, 6) is -0.397. The number of hydrogen-bond donors (Lipinski definition) is 1. The van der Waals surface area contributed by atoms with Gasteiger partial charge in [0.2, 0.25) is 0 Å². The monoisotopic (exact) mass is 456 g/mol. The molecule has 3 aromatic rings. The number of nitrogens with one attached hydrogen (secondary N) is 1. The van der Waals surface area contributed by atoms with Gasteiger partial charge in [-0.2, -0.15) is 0 Å². The smallest absolute Gasteiger partial charge is 0.283 e. The van der Waals surface area contributed by atoms with Gasteiger partial charge in [-0.25, -0.2) is 4.98 Å². The van der Waals surface area contributed by atoms with Crippen LogP contribution in [-0.2, 0) is 4.74 Å². The average molecular weight is 457 g/mol. The highest BCUT2D eigenvalue weighted by Crippen LogP contribution is 2.30. The number of benzene rings is 2. The van der Waals surface area contributed by atoms with Crippen LogP contribution in [0.3, 0.4) is 0 Å². The largest absolute Gasteiger partial charge is 0.378 e. The van der Waals surface area contributed by atoms with Crippen molar-refractivity contribution in [3.05, 3.63) is 63.5 Å². The van der Waals surface area contributed by atoms with Crippen molar-refractivity contribution in [2.45, 2.75) is 4.90 Å². The lowest BCUT2D eigenvalue weighted by Gasteiger charge is -2.26. The number of anilines is 2. The van der Waals surface area contributed by atoms with Crippen molar-refractivity contribution >= 4 is 45.5 Å². The zero-order valence-electron chi connectivity index (χ0n) is 16.7. The Morgan fingerprint density at radius 1 is 1.23 bits per heavy atom. The van der Waals surface area contributed by atoms with E-state index >= 15 is 0 Å². The normalized spacial score (nSPS) is 13.8. The number of nitro benzene ring substituents is 1. The van der Waals surface area contributed by atoms with Gasteiger partial charge < -0.3 is 15.0 Å². The molecule has 8 nitrogen and oxygen atoms in total. The summed E-state index contributed by atoms with van der Waals surface area (Å²) in [5.41, 5.74) is 2.61. The van der Waals surface area contributed by atoms with Crippen LogP contribution in [-0.4, -0.2) is 48.4 Å².